The van der Waals surface area contributed by atoms with E-state index < -0.39 is 37.0 Å². The molecule has 0 spiro atoms. The van der Waals surface area contributed by atoms with Crippen molar-refractivity contribution in [2.45, 2.75) is 127 Å². The number of ether oxygens (including phenoxy) is 5. The first-order chi connectivity index (χ1) is 19.5. The molecule has 3 saturated carbocycles. The molecule has 2 saturated heterocycles. The van der Waals surface area contributed by atoms with E-state index in [0.717, 1.165) is 56.9 Å². The van der Waals surface area contributed by atoms with Gasteiger partial charge in [0.25, 0.3) is 0 Å². The highest BCUT2D eigenvalue weighted by Crippen LogP contribution is 2.72. The monoisotopic (exact) mass is 576 g/mol. The first-order valence-electron chi connectivity index (χ1n) is 15.5. The van der Waals surface area contributed by atoms with E-state index in [1.807, 2.05) is 6.08 Å². The number of esters is 1. The second kappa shape index (κ2) is 10.7. The average Bonchev–Trinajstić information content (AvgIpc) is 3.14. The lowest BCUT2D eigenvalue weighted by atomic mass is 9.44. The minimum absolute atomic E-state index is 0.000403. The summed E-state index contributed by atoms with van der Waals surface area (Å²) in [6.45, 7) is 6.51. The molecule has 9 heteroatoms. The standard InChI is InChI=1S/C32H48O9/c1-17-25(34)26(35)27(36)29(39-17)40-19-10-13-30(2)18(16-19)6-8-23-22(30)11-14-31(3)21-12-15-32(23,31)41-28(38-5)20(21)7-9-24(33)37-4/h7,16-17,19,21-23,25-29,34-36H,6,8-15H2,1-5H3/b20-7-/t17-,19-,21+,22-,23+,25-,26+,27+,28+,29-,30-,31+,32-/m0/s1. The molecule has 2 bridgehead atoms. The summed E-state index contributed by atoms with van der Waals surface area (Å²) in [6, 6.07) is 0. The fourth-order valence-electron chi connectivity index (χ4n) is 9.99. The normalized spacial score (nSPS) is 51.8. The molecule has 3 N–H and O–H groups in total. The van der Waals surface area contributed by atoms with Crippen LogP contribution in [0.25, 0.3) is 0 Å². The van der Waals surface area contributed by atoms with Gasteiger partial charge in [0.05, 0.1) is 31.3 Å². The van der Waals surface area contributed by atoms with Gasteiger partial charge in [-0.3, -0.25) is 4.79 Å². The summed E-state index contributed by atoms with van der Waals surface area (Å²) in [5.41, 5.74) is 2.31. The molecule has 41 heavy (non-hydrogen) atoms. The van der Waals surface area contributed by atoms with Crippen LogP contribution < -0.4 is 0 Å². The molecule has 4 aliphatic carbocycles. The van der Waals surface area contributed by atoms with Crippen molar-refractivity contribution in [2.24, 2.45) is 28.6 Å². The predicted octanol–water partition coefficient (Wildman–Crippen LogP) is 3.39. The van der Waals surface area contributed by atoms with Crippen LogP contribution in [0.5, 0.6) is 0 Å². The van der Waals surface area contributed by atoms with E-state index in [2.05, 4.69) is 19.9 Å². The third-order valence-electron chi connectivity index (χ3n) is 12.3. The zero-order valence-corrected chi connectivity index (χ0v) is 25.1. The van der Waals surface area contributed by atoms with Crippen LogP contribution in [-0.2, 0) is 28.5 Å². The average molecular weight is 577 g/mol. The molecule has 0 unspecified atom stereocenters. The lowest BCUT2D eigenvalue weighted by Crippen LogP contribution is -2.65. The van der Waals surface area contributed by atoms with Crippen LogP contribution in [0.15, 0.2) is 23.3 Å². The quantitative estimate of drug-likeness (QED) is 0.334. The zero-order valence-electron chi connectivity index (χ0n) is 25.1. The van der Waals surface area contributed by atoms with E-state index in [1.54, 1.807) is 14.0 Å². The van der Waals surface area contributed by atoms with Crippen LogP contribution in [-0.4, -0.2) is 84.2 Å². The molecule has 6 aliphatic rings. The second-order valence-electron chi connectivity index (χ2n) is 13.9. The van der Waals surface area contributed by atoms with Gasteiger partial charge >= 0.3 is 5.97 Å². The summed E-state index contributed by atoms with van der Waals surface area (Å²) in [7, 11) is 3.12. The maximum atomic E-state index is 12.0. The SMILES string of the molecule is COC(=O)C/C=C1\[C@H](OC)O[C@]23CC[C@H]1[C@@]2(C)CC[C@H]1[C@H]3CCC2=C[C@@H](O[C@@H]3O[C@@H](C)[C@H](O)[C@@H](O)[C@H]3O)CC[C@@]21C. The van der Waals surface area contributed by atoms with E-state index >= 15 is 0 Å². The molecule has 6 rings (SSSR count). The molecule has 13 atom stereocenters. The molecular formula is C32H48O9. The van der Waals surface area contributed by atoms with Gasteiger partial charge in [0, 0.05) is 12.5 Å². The van der Waals surface area contributed by atoms with Gasteiger partial charge in [0.2, 0.25) is 0 Å². The molecule has 5 fully saturated rings. The van der Waals surface area contributed by atoms with Gasteiger partial charge < -0.3 is 39.0 Å². The number of hydrogen-bond acceptors (Lipinski definition) is 9. The van der Waals surface area contributed by atoms with Crippen molar-refractivity contribution in [3.8, 4) is 0 Å². The number of aliphatic hydroxyl groups is 3. The van der Waals surface area contributed by atoms with Crippen molar-refractivity contribution < 1.29 is 43.8 Å². The molecule has 0 aromatic heterocycles. The number of rotatable bonds is 5. The summed E-state index contributed by atoms with van der Waals surface area (Å²) in [4.78, 5) is 12.0. The molecule has 0 amide bonds. The van der Waals surface area contributed by atoms with Crippen LogP contribution in [0.1, 0.15) is 78.6 Å². The lowest BCUT2D eigenvalue weighted by molar-refractivity contribution is -0.302. The highest BCUT2D eigenvalue weighted by atomic mass is 16.7. The molecule has 0 aromatic rings. The van der Waals surface area contributed by atoms with E-state index in [4.69, 9.17) is 23.7 Å². The number of methoxy groups -OCH3 is 2. The van der Waals surface area contributed by atoms with Gasteiger partial charge in [-0.15, -0.1) is 0 Å². The maximum absolute atomic E-state index is 12.0. The van der Waals surface area contributed by atoms with E-state index in [0.29, 0.717) is 17.8 Å². The third-order valence-corrected chi connectivity index (χ3v) is 12.3. The van der Waals surface area contributed by atoms with E-state index in [1.165, 1.54) is 12.7 Å². The molecule has 0 aromatic carbocycles. The first kappa shape index (κ1) is 29.7. The fraction of sp³-hybridized carbons (Fsp3) is 0.844. The number of carbonyl (C=O) groups is 1. The Morgan fingerprint density at radius 3 is 2.54 bits per heavy atom. The fourth-order valence-corrected chi connectivity index (χ4v) is 9.99. The van der Waals surface area contributed by atoms with Gasteiger partial charge in [0.15, 0.2) is 12.6 Å². The molecule has 9 nitrogen and oxygen atoms in total. The summed E-state index contributed by atoms with van der Waals surface area (Å²) >= 11 is 0. The first-order valence-corrected chi connectivity index (χ1v) is 15.5. The Morgan fingerprint density at radius 1 is 1.02 bits per heavy atom. The Balaban J connectivity index is 1.23. The number of hydrogen-bond donors (Lipinski definition) is 3. The predicted molar refractivity (Wildman–Crippen MR) is 148 cm³/mol. The number of aliphatic hydroxyl groups excluding tert-OH is 3. The smallest absolute Gasteiger partial charge is 0.309 e. The van der Waals surface area contributed by atoms with Crippen LogP contribution >= 0.6 is 0 Å². The summed E-state index contributed by atoms with van der Waals surface area (Å²) < 4.78 is 29.8. The number of fused-ring (bicyclic) bond motifs is 3. The van der Waals surface area contributed by atoms with Gasteiger partial charge in [0.1, 0.15) is 18.3 Å². The van der Waals surface area contributed by atoms with E-state index in [9.17, 15) is 20.1 Å². The Labute approximate surface area is 243 Å². The number of carbonyl (C=O) groups excluding carboxylic acids is 1. The molecule has 230 valence electrons. The van der Waals surface area contributed by atoms with E-state index in [-0.39, 0.29) is 34.9 Å². The highest BCUT2D eigenvalue weighted by molar-refractivity contribution is 5.71. The maximum Gasteiger partial charge on any atom is 0.309 e. The van der Waals surface area contributed by atoms with Gasteiger partial charge in [-0.2, -0.15) is 0 Å². The second-order valence-corrected chi connectivity index (χ2v) is 13.9. The van der Waals surface area contributed by atoms with Gasteiger partial charge in [-0.1, -0.05) is 31.6 Å². The number of allylic oxidation sites excluding steroid dienone is 1. The lowest BCUT2D eigenvalue weighted by Gasteiger charge is -2.65. The van der Waals surface area contributed by atoms with Gasteiger partial charge in [-0.05, 0) is 87.0 Å². The minimum Gasteiger partial charge on any atom is -0.469 e. The zero-order chi connectivity index (χ0) is 29.3. The Morgan fingerprint density at radius 2 is 1.80 bits per heavy atom. The van der Waals surface area contributed by atoms with Crippen LogP contribution in [0.2, 0.25) is 0 Å². The minimum atomic E-state index is -1.30. The molecule has 2 heterocycles. The summed E-state index contributed by atoms with van der Waals surface area (Å²) in [5.74, 6) is 0.996. The van der Waals surface area contributed by atoms with Crippen LogP contribution in [0.3, 0.4) is 0 Å². The van der Waals surface area contributed by atoms with Crippen molar-refractivity contribution in [1.29, 1.82) is 0 Å². The van der Waals surface area contributed by atoms with Gasteiger partial charge in [-0.25, -0.2) is 0 Å². The van der Waals surface area contributed by atoms with Crippen molar-refractivity contribution >= 4 is 5.97 Å². The Bertz CT molecular complexity index is 1090. The Hall–Kier alpha value is -1.33. The largest absolute Gasteiger partial charge is 0.469 e. The molecular weight excluding hydrogens is 528 g/mol. The summed E-state index contributed by atoms with van der Waals surface area (Å²) in [6.07, 6.45) is 6.56. The van der Waals surface area contributed by atoms with Crippen LogP contribution in [0.4, 0.5) is 0 Å². The van der Waals surface area contributed by atoms with Crippen molar-refractivity contribution in [1.82, 2.24) is 0 Å². The van der Waals surface area contributed by atoms with Crippen molar-refractivity contribution in [2.75, 3.05) is 14.2 Å². The highest BCUT2D eigenvalue weighted by Gasteiger charge is 2.71. The Kier molecular flexibility index (Phi) is 7.75. The molecule has 0 radical (unpaired) electrons. The van der Waals surface area contributed by atoms with Crippen molar-refractivity contribution in [3.05, 3.63) is 23.3 Å². The molecule has 2 aliphatic heterocycles. The topological polar surface area (TPSA) is 124 Å². The summed E-state index contributed by atoms with van der Waals surface area (Å²) in [5, 5.41) is 30.8. The van der Waals surface area contributed by atoms with Crippen LogP contribution in [0, 0.1) is 28.6 Å². The third kappa shape index (κ3) is 4.40. The van der Waals surface area contributed by atoms with Crippen molar-refractivity contribution in [3.63, 3.8) is 0 Å².